The molecule has 9 heteroatoms. The van der Waals surface area contributed by atoms with Gasteiger partial charge in [-0.25, -0.2) is 9.97 Å². The van der Waals surface area contributed by atoms with E-state index in [-0.39, 0.29) is 12.0 Å². The van der Waals surface area contributed by atoms with Gasteiger partial charge in [-0.1, -0.05) is 0 Å². The number of piperidine rings is 1. The third kappa shape index (κ3) is 4.32. The van der Waals surface area contributed by atoms with Crippen LogP contribution in [0.25, 0.3) is 10.9 Å². The maximum absolute atomic E-state index is 10.7. The Hall–Kier alpha value is -2.52. The molecule has 1 aromatic carbocycles. The standard InChI is InChI=1S/C21H27N5O3S/c1-14-4-9-26(30-24-14)12-18(27)15-5-7-25(8-6-15)21-16-10-19(28-2)20(29-3)11-17(16)22-13-23-21/h4,9-11,13,15,18,27H,5-8,12H2,1-3H3. The van der Waals surface area contributed by atoms with E-state index in [2.05, 4.69) is 19.3 Å². The Kier molecular flexibility index (Phi) is 6.29. The van der Waals surface area contributed by atoms with Gasteiger partial charge in [0.2, 0.25) is 0 Å². The average Bonchev–Trinajstić information content (AvgIpc) is 2.79. The van der Waals surface area contributed by atoms with Gasteiger partial charge in [-0.3, -0.25) is 0 Å². The Morgan fingerprint density at radius 1 is 1.17 bits per heavy atom. The first-order chi connectivity index (χ1) is 14.6. The molecular formula is C21H27N5O3S. The number of hydrogen-bond donors (Lipinski definition) is 1. The average molecular weight is 430 g/mol. The number of nitrogens with zero attached hydrogens (tertiary/aromatic N) is 5. The number of rotatable bonds is 6. The summed E-state index contributed by atoms with van der Waals surface area (Å²) in [5.41, 5.74) is 1.81. The van der Waals surface area contributed by atoms with Gasteiger partial charge in [0.25, 0.3) is 0 Å². The summed E-state index contributed by atoms with van der Waals surface area (Å²) in [7, 11) is 3.25. The van der Waals surface area contributed by atoms with E-state index in [0.29, 0.717) is 18.0 Å². The zero-order valence-corrected chi connectivity index (χ0v) is 18.3. The summed E-state index contributed by atoms with van der Waals surface area (Å²) in [5.74, 6) is 2.47. The number of methoxy groups -OCH3 is 2. The minimum Gasteiger partial charge on any atom is -0.493 e. The van der Waals surface area contributed by atoms with Crippen LogP contribution in [0.3, 0.4) is 0 Å². The van der Waals surface area contributed by atoms with Crippen LogP contribution >= 0.6 is 12.1 Å². The summed E-state index contributed by atoms with van der Waals surface area (Å²) in [6, 6.07) is 3.82. The highest BCUT2D eigenvalue weighted by molar-refractivity contribution is 7.96. The zero-order chi connectivity index (χ0) is 21.1. The molecule has 2 aromatic rings. The highest BCUT2D eigenvalue weighted by atomic mass is 32.2. The Balaban J connectivity index is 1.44. The lowest BCUT2D eigenvalue weighted by molar-refractivity contribution is 0.0830. The summed E-state index contributed by atoms with van der Waals surface area (Å²) >= 11 is 1.39. The Morgan fingerprint density at radius 3 is 2.57 bits per heavy atom. The van der Waals surface area contributed by atoms with Crippen LogP contribution in [0, 0.1) is 5.92 Å². The van der Waals surface area contributed by atoms with Crippen molar-refractivity contribution in [3.8, 4) is 11.5 Å². The molecule has 0 bridgehead atoms. The van der Waals surface area contributed by atoms with Crippen LogP contribution in [0.5, 0.6) is 11.5 Å². The van der Waals surface area contributed by atoms with Gasteiger partial charge in [0.15, 0.2) is 11.5 Å². The van der Waals surface area contributed by atoms with Crippen molar-refractivity contribution in [3.05, 3.63) is 30.7 Å². The molecule has 1 atom stereocenters. The molecule has 160 valence electrons. The maximum atomic E-state index is 10.7. The molecule has 2 aliphatic heterocycles. The fourth-order valence-electron chi connectivity index (χ4n) is 3.91. The highest BCUT2D eigenvalue weighted by Crippen LogP contribution is 2.36. The number of β-amino-alcohol motifs (C(OH)–C–C–N with tert-alkyl or cyclic N) is 1. The fraction of sp³-hybridized carbons (Fsp3) is 0.476. The van der Waals surface area contributed by atoms with Crippen molar-refractivity contribution in [3.63, 3.8) is 0 Å². The predicted octanol–water partition coefficient (Wildman–Crippen LogP) is 3.08. The van der Waals surface area contributed by atoms with E-state index in [0.717, 1.165) is 48.4 Å². The van der Waals surface area contributed by atoms with Gasteiger partial charge < -0.3 is 23.8 Å². The zero-order valence-electron chi connectivity index (χ0n) is 17.5. The quantitative estimate of drug-likeness (QED) is 0.702. The van der Waals surface area contributed by atoms with Gasteiger partial charge in [0.05, 0.1) is 44.5 Å². The van der Waals surface area contributed by atoms with Gasteiger partial charge >= 0.3 is 0 Å². The molecule has 8 nitrogen and oxygen atoms in total. The molecule has 1 N–H and O–H groups in total. The van der Waals surface area contributed by atoms with E-state index in [4.69, 9.17) is 9.47 Å². The second-order valence-electron chi connectivity index (χ2n) is 7.54. The maximum Gasteiger partial charge on any atom is 0.162 e. The summed E-state index contributed by atoms with van der Waals surface area (Å²) < 4.78 is 17.2. The van der Waals surface area contributed by atoms with Crippen molar-refractivity contribution in [1.29, 1.82) is 0 Å². The smallest absolute Gasteiger partial charge is 0.162 e. The third-order valence-corrected chi connectivity index (χ3v) is 6.49. The third-order valence-electron chi connectivity index (χ3n) is 5.64. The van der Waals surface area contributed by atoms with Crippen LogP contribution in [-0.4, -0.2) is 65.0 Å². The van der Waals surface area contributed by atoms with Gasteiger partial charge in [0, 0.05) is 36.5 Å². The molecule has 0 amide bonds. The molecule has 1 saturated heterocycles. The molecule has 1 fully saturated rings. The lowest BCUT2D eigenvalue weighted by Gasteiger charge is -2.36. The minimum absolute atomic E-state index is 0.255. The van der Waals surface area contributed by atoms with Crippen LogP contribution in [0.4, 0.5) is 5.82 Å². The van der Waals surface area contributed by atoms with Crippen molar-refractivity contribution in [2.24, 2.45) is 10.3 Å². The van der Waals surface area contributed by atoms with Crippen LogP contribution in [0.1, 0.15) is 19.8 Å². The molecule has 3 heterocycles. The number of aliphatic hydroxyl groups excluding tert-OH is 1. The number of benzene rings is 1. The Labute approximate surface area is 180 Å². The first-order valence-electron chi connectivity index (χ1n) is 10.1. The van der Waals surface area contributed by atoms with Crippen LogP contribution in [-0.2, 0) is 0 Å². The molecule has 4 rings (SSSR count). The Morgan fingerprint density at radius 2 is 1.90 bits per heavy atom. The molecule has 0 spiro atoms. The van der Waals surface area contributed by atoms with E-state index in [9.17, 15) is 5.11 Å². The molecule has 1 unspecified atom stereocenters. The fourth-order valence-corrected chi connectivity index (χ4v) is 4.54. The van der Waals surface area contributed by atoms with Crippen LogP contribution < -0.4 is 14.4 Å². The summed E-state index contributed by atoms with van der Waals surface area (Å²) in [6.07, 6.45) is 6.97. The predicted molar refractivity (Wildman–Crippen MR) is 120 cm³/mol. The molecular weight excluding hydrogens is 402 g/mol. The number of hydrogen-bond acceptors (Lipinski definition) is 9. The number of ether oxygens (including phenoxy) is 2. The SMILES string of the molecule is COc1cc2ncnc(N3CCC(C(O)CN4C=CC(C)=NS4)CC3)c2cc1OC. The van der Waals surface area contributed by atoms with Gasteiger partial charge in [-0.15, -0.1) is 0 Å². The lowest BCUT2D eigenvalue weighted by atomic mass is 9.91. The van der Waals surface area contributed by atoms with Crippen LogP contribution in [0.15, 0.2) is 35.1 Å². The van der Waals surface area contributed by atoms with E-state index >= 15 is 0 Å². The number of allylic oxidation sites excluding steroid dienone is 1. The number of aliphatic hydroxyl groups is 1. The highest BCUT2D eigenvalue weighted by Gasteiger charge is 2.28. The second-order valence-corrected chi connectivity index (χ2v) is 8.36. The minimum atomic E-state index is -0.385. The largest absolute Gasteiger partial charge is 0.493 e. The number of fused-ring (bicyclic) bond motifs is 1. The topological polar surface area (TPSA) is 83.3 Å². The van der Waals surface area contributed by atoms with Gasteiger partial charge in [-0.05, 0) is 37.8 Å². The van der Waals surface area contributed by atoms with Gasteiger partial charge in [0.1, 0.15) is 12.1 Å². The van der Waals surface area contributed by atoms with Crippen molar-refractivity contribution in [1.82, 2.24) is 14.3 Å². The molecule has 2 aliphatic rings. The van der Waals surface area contributed by atoms with E-state index in [1.54, 1.807) is 20.5 Å². The molecule has 0 aliphatic carbocycles. The first kappa shape index (κ1) is 20.7. The Bertz CT molecular complexity index is 959. The monoisotopic (exact) mass is 429 g/mol. The lowest BCUT2D eigenvalue weighted by Crippen LogP contribution is -2.41. The van der Waals surface area contributed by atoms with Crippen LogP contribution in [0.2, 0.25) is 0 Å². The molecule has 30 heavy (non-hydrogen) atoms. The molecule has 0 radical (unpaired) electrons. The van der Waals surface area contributed by atoms with Gasteiger partial charge in [-0.2, -0.15) is 4.40 Å². The van der Waals surface area contributed by atoms with E-state index < -0.39 is 0 Å². The van der Waals surface area contributed by atoms with Crippen molar-refractivity contribution < 1.29 is 14.6 Å². The van der Waals surface area contributed by atoms with E-state index in [1.165, 1.54) is 12.1 Å². The number of aromatic nitrogens is 2. The second kappa shape index (κ2) is 9.09. The summed E-state index contributed by atoms with van der Waals surface area (Å²) in [4.78, 5) is 11.2. The van der Waals surface area contributed by atoms with Crippen molar-refractivity contribution in [2.45, 2.75) is 25.9 Å². The summed E-state index contributed by atoms with van der Waals surface area (Å²) in [6.45, 7) is 4.22. The van der Waals surface area contributed by atoms with E-state index in [1.807, 2.05) is 35.6 Å². The molecule has 1 aromatic heterocycles. The number of anilines is 1. The summed E-state index contributed by atoms with van der Waals surface area (Å²) in [5, 5.41) is 11.7. The first-order valence-corrected chi connectivity index (χ1v) is 10.8. The van der Waals surface area contributed by atoms with Crippen molar-refractivity contribution in [2.75, 3.05) is 38.8 Å². The normalized spacial score (nSPS) is 18.5. The van der Waals surface area contributed by atoms with Crippen molar-refractivity contribution >= 4 is 34.6 Å². The molecule has 0 saturated carbocycles.